The third-order valence-electron chi connectivity index (χ3n) is 5.90. The van der Waals surface area contributed by atoms with Gasteiger partial charge >= 0.3 is 0 Å². The second-order valence-corrected chi connectivity index (χ2v) is 7.71. The van der Waals surface area contributed by atoms with E-state index in [0.29, 0.717) is 5.92 Å². The molecule has 2 aliphatic rings. The first-order valence-corrected chi connectivity index (χ1v) is 10.1. The van der Waals surface area contributed by atoms with Crippen molar-refractivity contribution in [3.05, 3.63) is 60.7 Å². The fourth-order valence-electron chi connectivity index (χ4n) is 4.21. The first-order valence-electron chi connectivity index (χ1n) is 10.1. The van der Waals surface area contributed by atoms with Crippen molar-refractivity contribution >= 4 is 28.2 Å². The molecule has 4 aromatic rings. The van der Waals surface area contributed by atoms with E-state index in [2.05, 4.69) is 55.7 Å². The van der Waals surface area contributed by atoms with Crippen molar-refractivity contribution in [2.24, 2.45) is 0 Å². The van der Waals surface area contributed by atoms with Crippen LogP contribution >= 0.6 is 0 Å². The fourth-order valence-corrected chi connectivity index (χ4v) is 4.21. The SMILES string of the molecule is c1ccc2nc(C3CN(c4cn5ccnc(N6CCOCC6)c5n4)C3)ccc2c1. The number of hydrogen-bond acceptors (Lipinski definition) is 6. The highest BCUT2D eigenvalue weighted by molar-refractivity contribution is 5.78. The maximum absolute atomic E-state index is 5.47. The second kappa shape index (κ2) is 6.70. The zero-order valence-electron chi connectivity index (χ0n) is 16.1. The summed E-state index contributed by atoms with van der Waals surface area (Å²) in [5.74, 6) is 2.39. The fraction of sp³-hybridized carbons (Fsp3) is 0.318. The molecule has 0 aliphatic carbocycles. The van der Waals surface area contributed by atoms with Crippen molar-refractivity contribution in [2.75, 3.05) is 49.2 Å². The van der Waals surface area contributed by atoms with E-state index < -0.39 is 0 Å². The summed E-state index contributed by atoms with van der Waals surface area (Å²) < 4.78 is 7.55. The summed E-state index contributed by atoms with van der Waals surface area (Å²) in [5, 5.41) is 1.19. The molecule has 0 radical (unpaired) electrons. The van der Waals surface area contributed by atoms with Crippen LogP contribution in [0.25, 0.3) is 16.6 Å². The van der Waals surface area contributed by atoms with Crippen LogP contribution in [0.2, 0.25) is 0 Å². The molecule has 0 unspecified atom stereocenters. The molecular formula is C22H22N6O. The van der Waals surface area contributed by atoms with Crippen LogP contribution in [-0.2, 0) is 4.74 Å². The van der Waals surface area contributed by atoms with Gasteiger partial charge in [0.1, 0.15) is 5.82 Å². The molecule has 146 valence electrons. The Morgan fingerprint density at radius 3 is 2.69 bits per heavy atom. The molecule has 7 nitrogen and oxygen atoms in total. The van der Waals surface area contributed by atoms with E-state index in [1.54, 1.807) is 0 Å². The minimum atomic E-state index is 0.446. The normalized spacial score (nSPS) is 17.8. The number of nitrogens with zero attached hydrogens (tertiary/aromatic N) is 6. The minimum absolute atomic E-state index is 0.446. The highest BCUT2D eigenvalue weighted by Crippen LogP contribution is 2.32. The van der Waals surface area contributed by atoms with Gasteiger partial charge in [0.15, 0.2) is 11.5 Å². The number of aromatic nitrogens is 4. The summed E-state index contributed by atoms with van der Waals surface area (Å²) in [7, 11) is 0. The van der Waals surface area contributed by atoms with Gasteiger partial charge in [-0.3, -0.25) is 4.98 Å². The number of para-hydroxylation sites is 1. The molecule has 0 saturated carbocycles. The number of fused-ring (bicyclic) bond motifs is 2. The van der Waals surface area contributed by atoms with Crippen molar-refractivity contribution in [1.29, 1.82) is 0 Å². The standard InChI is InChI=1S/C22H22N6O/c1-2-4-18-16(3-1)5-6-19(24-18)17-13-28(14-17)20-15-27-8-7-23-21(22(27)25-20)26-9-11-29-12-10-26/h1-8,15,17H,9-14H2. The number of benzene rings is 1. The molecule has 2 aliphatic heterocycles. The predicted octanol–water partition coefficient (Wildman–Crippen LogP) is 2.72. The van der Waals surface area contributed by atoms with Crippen molar-refractivity contribution in [2.45, 2.75) is 5.92 Å². The van der Waals surface area contributed by atoms with E-state index in [1.807, 2.05) is 18.5 Å². The Morgan fingerprint density at radius 2 is 1.79 bits per heavy atom. The van der Waals surface area contributed by atoms with Gasteiger partial charge < -0.3 is 18.9 Å². The van der Waals surface area contributed by atoms with Gasteiger partial charge in [0.2, 0.25) is 0 Å². The van der Waals surface area contributed by atoms with Crippen LogP contribution in [0.3, 0.4) is 0 Å². The number of ether oxygens (including phenoxy) is 1. The zero-order chi connectivity index (χ0) is 19.2. The first-order chi connectivity index (χ1) is 14.3. The number of rotatable bonds is 3. The van der Waals surface area contributed by atoms with Gasteiger partial charge in [0, 0.05) is 55.6 Å². The van der Waals surface area contributed by atoms with Gasteiger partial charge in [0.05, 0.1) is 24.9 Å². The quantitative estimate of drug-likeness (QED) is 0.540. The number of pyridine rings is 1. The average Bonchev–Trinajstić information content (AvgIpc) is 3.17. The Kier molecular flexibility index (Phi) is 3.87. The number of morpholine rings is 1. The van der Waals surface area contributed by atoms with Gasteiger partial charge in [0.25, 0.3) is 0 Å². The van der Waals surface area contributed by atoms with E-state index >= 15 is 0 Å². The van der Waals surface area contributed by atoms with Gasteiger partial charge in [-0.15, -0.1) is 0 Å². The van der Waals surface area contributed by atoms with Gasteiger partial charge in [-0.2, -0.15) is 0 Å². The summed E-state index contributed by atoms with van der Waals surface area (Å²) >= 11 is 0. The molecule has 3 aromatic heterocycles. The van der Waals surface area contributed by atoms with Crippen LogP contribution in [0.15, 0.2) is 55.0 Å². The minimum Gasteiger partial charge on any atom is -0.378 e. The van der Waals surface area contributed by atoms with Crippen molar-refractivity contribution in [1.82, 2.24) is 19.4 Å². The molecule has 1 aromatic carbocycles. The van der Waals surface area contributed by atoms with Crippen LogP contribution in [0.4, 0.5) is 11.6 Å². The molecule has 0 N–H and O–H groups in total. The predicted molar refractivity (Wildman–Crippen MR) is 113 cm³/mol. The average molecular weight is 386 g/mol. The van der Waals surface area contributed by atoms with Gasteiger partial charge in [-0.1, -0.05) is 24.3 Å². The van der Waals surface area contributed by atoms with Gasteiger partial charge in [-0.05, 0) is 12.1 Å². The van der Waals surface area contributed by atoms with Crippen molar-refractivity contribution < 1.29 is 4.74 Å². The lowest BCUT2D eigenvalue weighted by atomic mass is 9.95. The molecular weight excluding hydrogens is 364 g/mol. The number of imidazole rings is 1. The molecule has 2 saturated heterocycles. The summed E-state index contributed by atoms with van der Waals surface area (Å²) in [6, 6.07) is 12.6. The zero-order valence-corrected chi connectivity index (χ0v) is 16.1. The van der Waals surface area contributed by atoms with E-state index in [9.17, 15) is 0 Å². The third-order valence-corrected chi connectivity index (χ3v) is 5.90. The Balaban J connectivity index is 1.24. The maximum atomic E-state index is 5.47. The second-order valence-electron chi connectivity index (χ2n) is 7.71. The largest absolute Gasteiger partial charge is 0.378 e. The van der Waals surface area contributed by atoms with Crippen LogP contribution < -0.4 is 9.80 Å². The first kappa shape index (κ1) is 16.7. The molecule has 0 atom stereocenters. The lowest BCUT2D eigenvalue weighted by Gasteiger charge is -2.39. The molecule has 0 bridgehead atoms. The topological polar surface area (TPSA) is 58.8 Å². The van der Waals surface area contributed by atoms with E-state index in [1.165, 1.54) is 11.1 Å². The molecule has 29 heavy (non-hydrogen) atoms. The monoisotopic (exact) mass is 386 g/mol. The lowest BCUT2D eigenvalue weighted by Crippen LogP contribution is -2.45. The number of anilines is 2. The molecule has 2 fully saturated rings. The van der Waals surface area contributed by atoms with E-state index in [4.69, 9.17) is 14.7 Å². The summed E-state index contributed by atoms with van der Waals surface area (Å²) in [6.45, 7) is 5.07. The van der Waals surface area contributed by atoms with E-state index in [-0.39, 0.29) is 0 Å². The Hall–Kier alpha value is -3.19. The maximum Gasteiger partial charge on any atom is 0.182 e. The summed E-state index contributed by atoms with van der Waals surface area (Å²) in [4.78, 5) is 18.9. The highest BCUT2D eigenvalue weighted by atomic mass is 16.5. The summed E-state index contributed by atoms with van der Waals surface area (Å²) in [5.41, 5.74) is 3.15. The Morgan fingerprint density at radius 1 is 0.931 bits per heavy atom. The van der Waals surface area contributed by atoms with Gasteiger partial charge in [-0.25, -0.2) is 9.97 Å². The highest BCUT2D eigenvalue weighted by Gasteiger charge is 2.31. The Bertz CT molecular complexity index is 1180. The smallest absolute Gasteiger partial charge is 0.182 e. The number of hydrogen-bond donors (Lipinski definition) is 0. The third kappa shape index (κ3) is 2.89. The van der Waals surface area contributed by atoms with Crippen LogP contribution in [0.1, 0.15) is 11.6 Å². The Labute approximate surface area is 168 Å². The van der Waals surface area contributed by atoms with Crippen LogP contribution in [0.5, 0.6) is 0 Å². The van der Waals surface area contributed by atoms with Crippen LogP contribution in [-0.4, -0.2) is 58.7 Å². The molecule has 6 rings (SSSR count). The van der Waals surface area contributed by atoms with Crippen molar-refractivity contribution in [3.8, 4) is 0 Å². The molecule has 0 amide bonds. The van der Waals surface area contributed by atoms with Crippen molar-refractivity contribution in [3.63, 3.8) is 0 Å². The molecule has 0 spiro atoms. The molecule has 7 heteroatoms. The molecule has 5 heterocycles. The van der Waals surface area contributed by atoms with Crippen LogP contribution in [0, 0.1) is 0 Å². The summed E-state index contributed by atoms with van der Waals surface area (Å²) in [6.07, 6.45) is 5.92. The lowest BCUT2D eigenvalue weighted by molar-refractivity contribution is 0.122. The van der Waals surface area contributed by atoms with E-state index in [0.717, 1.165) is 62.2 Å².